The topological polar surface area (TPSA) is 76.1 Å². The third kappa shape index (κ3) is 6.32. The number of likely N-dealkylation sites (tertiary alicyclic amines) is 1. The fraction of sp³-hybridized carbons (Fsp3) is 0.682. The van der Waals surface area contributed by atoms with Crippen LogP contribution in [0.1, 0.15) is 31.7 Å². The molecule has 3 rings (SSSR count). The Morgan fingerprint density at radius 2 is 1.93 bits per heavy atom. The van der Waals surface area contributed by atoms with Crippen LogP contribution in [0.4, 0.5) is 5.82 Å². The molecule has 0 unspecified atom stereocenters. The molecule has 2 N–H and O–H groups in total. The summed E-state index contributed by atoms with van der Waals surface area (Å²) in [5.74, 6) is 2.63. The van der Waals surface area contributed by atoms with E-state index in [0.29, 0.717) is 18.9 Å². The molecule has 0 radical (unpaired) electrons. The number of piperazine rings is 1. The summed E-state index contributed by atoms with van der Waals surface area (Å²) >= 11 is 0. The lowest BCUT2D eigenvalue weighted by atomic mass is 9.93. The number of aromatic nitrogens is 1. The summed E-state index contributed by atoms with van der Waals surface area (Å²) in [5.41, 5.74) is 1.18. The number of guanidine groups is 1. The van der Waals surface area contributed by atoms with Gasteiger partial charge in [-0.05, 0) is 50.4 Å². The number of aliphatic imine (C=N–C) groups is 1. The molecule has 0 saturated carbocycles. The molecule has 0 atom stereocenters. The molecule has 1 aromatic rings. The molecule has 3 heterocycles. The van der Waals surface area contributed by atoms with Crippen molar-refractivity contribution in [2.75, 3.05) is 64.8 Å². The van der Waals surface area contributed by atoms with Gasteiger partial charge in [-0.2, -0.15) is 0 Å². The summed E-state index contributed by atoms with van der Waals surface area (Å²) < 4.78 is 0. The van der Waals surface area contributed by atoms with Gasteiger partial charge < -0.3 is 25.3 Å². The summed E-state index contributed by atoms with van der Waals surface area (Å²) in [7, 11) is 3.88. The van der Waals surface area contributed by atoms with E-state index in [1.54, 1.807) is 7.05 Å². The number of anilines is 1. The van der Waals surface area contributed by atoms with E-state index in [1.165, 1.54) is 5.56 Å². The summed E-state index contributed by atoms with van der Waals surface area (Å²) in [5, 5.41) is 6.17. The van der Waals surface area contributed by atoms with Gasteiger partial charge in [0, 0.05) is 65.5 Å². The van der Waals surface area contributed by atoms with Crippen LogP contribution in [0.25, 0.3) is 0 Å². The van der Waals surface area contributed by atoms with Crippen molar-refractivity contribution < 1.29 is 4.79 Å². The summed E-state index contributed by atoms with van der Waals surface area (Å²) in [4.78, 5) is 28.2. The maximum atomic E-state index is 11.6. The summed E-state index contributed by atoms with van der Waals surface area (Å²) in [6, 6.07) is 4.23. The van der Waals surface area contributed by atoms with Gasteiger partial charge >= 0.3 is 0 Å². The van der Waals surface area contributed by atoms with Crippen molar-refractivity contribution >= 4 is 17.7 Å². The average molecular weight is 416 g/mol. The van der Waals surface area contributed by atoms with E-state index < -0.39 is 0 Å². The van der Waals surface area contributed by atoms with Crippen molar-refractivity contribution in [1.82, 2.24) is 25.4 Å². The van der Waals surface area contributed by atoms with Crippen LogP contribution >= 0.6 is 0 Å². The molecule has 0 aliphatic carbocycles. The van der Waals surface area contributed by atoms with E-state index in [0.717, 1.165) is 70.4 Å². The Kier molecular flexibility index (Phi) is 8.30. The molecule has 2 aliphatic rings. The lowest BCUT2D eigenvalue weighted by Crippen LogP contribution is -2.46. The lowest BCUT2D eigenvalue weighted by molar-refractivity contribution is -0.121. The van der Waals surface area contributed by atoms with E-state index in [9.17, 15) is 4.79 Å². The van der Waals surface area contributed by atoms with Gasteiger partial charge in [-0.3, -0.25) is 4.79 Å². The van der Waals surface area contributed by atoms with Crippen LogP contribution in [0.15, 0.2) is 23.3 Å². The zero-order chi connectivity index (χ0) is 21.3. The Labute approximate surface area is 180 Å². The van der Waals surface area contributed by atoms with Crippen molar-refractivity contribution in [2.45, 2.75) is 32.7 Å². The minimum Gasteiger partial charge on any atom is -0.359 e. The van der Waals surface area contributed by atoms with Gasteiger partial charge in [-0.15, -0.1) is 0 Å². The molecular formula is C22H37N7O. The molecule has 8 heteroatoms. The Balaban J connectivity index is 1.58. The standard InChI is InChI=1S/C22H37N7O/c1-4-24-22(29-9-6-18(7-10-29)16-21(30)23-2)26-17-19-5-8-25-20(15-19)28-13-11-27(3)12-14-28/h5,8,15,18H,4,6-7,9-14,16-17H2,1-3H3,(H,23,30)(H,24,26). The minimum absolute atomic E-state index is 0.142. The maximum absolute atomic E-state index is 11.6. The first-order valence-electron chi connectivity index (χ1n) is 11.2. The van der Waals surface area contributed by atoms with Crippen LogP contribution in [0.3, 0.4) is 0 Å². The molecular weight excluding hydrogens is 378 g/mol. The van der Waals surface area contributed by atoms with Crippen molar-refractivity contribution in [3.63, 3.8) is 0 Å². The first-order valence-corrected chi connectivity index (χ1v) is 11.2. The largest absolute Gasteiger partial charge is 0.359 e. The number of pyridine rings is 1. The van der Waals surface area contributed by atoms with Crippen molar-refractivity contribution in [3.05, 3.63) is 23.9 Å². The predicted molar refractivity (Wildman–Crippen MR) is 122 cm³/mol. The molecule has 30 heavy (non-hydrogen) atoms. The Morgan fingerprint density at radius 1 is 1.20 bits per heavy atom. The number of carbonyl (C=O) groups excluding carboxylic acids is 1. The molecule has 0 bridgehead atoms. The van der Waals surface area contributed by atoms with Gasteiger partial charge in [-0.25, -0.2) is 9.98 Å². The zero-order valence-corrected chi connectivity index (χ0v) is 18.7. The normalized spacial score (nSPS) is 19.1. The molecule has 8 nitrogen and oxygen atoms in total. The zero-order valence-electron chi connectivity index (χ0n) is 18.7. The van der Waals surface area contributed by atoms with Crippen LogP contribution in [-0.2, 0) is 11.3 Å². The monoisotopic (exact) mass is 415 g/mol. The van der Waals surface area contributed by atoms with Crippen molar-refractivity contribution in [3.8, 4) is 0 Å². The first-order chi connectivity index (χ1) is 14.6. The van der Waals surface area contributed by atoms with E-state index in [4.69, 9.17) is 4.99 Å². The highest BCUT2D eigenvalue weighted by Crippen LogP contribution is 2.21. The number of amides is 1. The number of rotatable bonds is 6. The minimum atomic E-state index is 0.142. The number of nitrogens with one attached hydrogen (secondary N) is 2. The van der Waals surface area contributed by atoms with Crippen molar-refractivity contribution in [1.29, 1.82) is 0 Å². The van der Waals surface area contributed by atoms with Gasteiger partial charge in [0.2, 0.25) is 5.91 Å². The summed E-state index contributed by atoms with van der Waals surface area (Å²) in [6.07, 6.45) is 4.58. The second kappa shape index (κ2) is 11.2. The molecule has 0 spiro atoms. The molecule has 0 aromatic carbocycles. The molecule has 2 saturated heterocycles. The van der Waals surface area contributed by atoms with E-state index in [-0.39, 0.29) is 5.91 Å². The maximum Gasteiger partial charge on any atom is 0.220 e. The van der Waals surface area contributed by atoms with Gasteiger partial charge in [0.1, 0.15) is 5.82 Å². The van der Waals surface area contributed by atoms with E-state index >= 15 is 0 Å². The highest BCUT2D eigenvalue weighted by Gasteiger charge is 2.23. The highest BCUT2D eigenvalue weighted by molar-refractivity contribution is 5.80. The number of likely N-dealkylation sites (N-methyl/N-ethyl adjacent to an activating group) is 1. The van der Waals surface area contributed by atoms with E-state index in [1.807, 2.05) is 6.20 Å². The molecule has 1 aromatic heterocycles. The van der Waals surface area contributed by atoms with Crippen LogP contribution in [0.2, 0.25) is 0 Å². The molecule has 2 fully saturated rings. The molecule has 1 amide bonds. The molecule has 2 aliphatic heterocycles. The quantitative estimate of drug-likeness (QED) is 0.536. The van der Waals surface area contributed by atoms with Gasteiger partial charge in [0.25, 0.3) is 0 Å². The second-order valence-electron chi connectivity index (χ2n) is 8.29. The van der Waals surface area contributed by atoms with Gasteiger partial charge in [0.05, 0.1) is 6.54 Å². The lowest BCUT2D eigenvalue weighted by Gasteiger charge is -2.34. The van der Waals surface area contributed by atoms with Crippen LogP contribution in [0.5, 0.6) is 0 Å². The van der Waals surface area contributed by atoms with Gasteiger partial charge in [0.15, 0.2) is 5.96 Å². The SMILES string of the molecule is CCNC(=NCc1ccnc(N2CCN(C)CC2)c1)N1CCC(CC(=O)NC)CC1. The smallest absolute Gasteiger partial charge is 0.220 e. The fourth-order valence-corrected chi connectivity index (χ4v) is 4.07. The average Bonchev–Trinajstić information content (AvgIpc) is 2.78. The number of piperidine rings is 1. The van der Waals surface area contributed by atoms with Crippen molar-refractivity contribution in [2.24, 2.45) is 10.9 Å². The number of hydrogen-bond donors (Lipinski definition) is 2. The Morgan fingerprint density at radius 3 is 2.60 bits per heavy atom. The van der Waals surface area contributed by atoms with E-state index in [2.05, 4.69) is 56.4 Å². The second-order valence-corrected chi connectivity index (χ2v) is 8.29. The number of carbonyl (C=O) groups is 1. The van der Waals surface area contributed by atoms with Crippen LogP contribution < -0.4 is 15.5 Å². The summed E-state index contributed by atoms with van der Waals surface area (Å²) in [6.45, 7) is 9.66. The van der Waals surface area contributed by atoms with Crippen LogP contribution in [0, 0.1) is 5.92 Å². The van der Waals surface area contributed by atoms with Crippen LogP contribution in [-0.4, -0.2) is 86.6 Å². The highest BCUT2D eigenvalue weighted by atomic mass is 16.1. The Bertz CT molecular complexity index is 707. The predicted octanol–water partition coefficient (Wildman–Crippen LogP) is 1.15. The first kappa shape index (κ1) is 22.3. The number of nitrogens with zero attached hydrogens (tertiary/aromatic N) is 5. The van der Waals surface area contributed by atoms with Gasteiger partial charge in [-0.1, -0.05) is 0 Å². The Hall–Kier alpha value is -2.35. The number of hydrogen-bond acceptors (Lipinski definition) is 5. The third-order valence-corrected chi connectivity index (χ3v) is 6.05. The molecule has 166 valence electrons. The fourth-order valence-electron chi connectivity index (χ4n) is 4.07. The third-order valence-electron chi connectivity index (χ3n) is 6.05.